The summed E-state index contributed by atoms with van der Waals surface area (Å²) in [7, 11) is 0. The zero-order valence-corrected chi connectivity index (χ0v) is 9.00. The van der Waals surface area contributed by atoms with Crippen LogP contribution in [0.15, 0.2) is 6.20 Å². The molecule has 1 aromatic rings. The van der Waals surface area contributed by atoms with Crippen LogP contribution in [0.5, 0.6) is 0 Å². The smallest absolute Gasteiger partial charge is 0.129 e. The molecule has 1 heterocycles. The number of hydrogen-bond donors (Lipinski definition) is 1. The molecule has 3 rings (SSSR count). The minimum absolute atomic E-state index is 0.791. The van der Waals surface area contributed by atoms with Crippen LogP contribution in [0.1, 0.15) is 36.3 Å². The predicted octanol–water partition coefficient (Wildman–Crippen LogP) is 1.26. The van der Waals surface area contributed by atoms with E-state index in [1.807, 2.05) is 6.20 Å². The van der Waals surface area contributed by atoms with Gasteiger partial charge in [-0.1, -0.05) is 0 Å². The van der Waals surface area contributed by atoms with Gasteiger partial charge >= 0.3 is 0 Å². The van der Waals surface area contributed by atoms with E-state index in [1.54, 1.807) is 0 Å². The highest BCUT2D eigenvalue weighted by atomic mass is 15.0. The van der Waals surface area contributed by atoms with Crippen molar-refractivity contribution in [2.75, 3.05) is 6.54 Å². The Balaban J connectivity index is 1.59. The van der Waals surface area contributed by atoms with Crippen molar-refractivity contribution in [3.05, 3.63) is 23.3 Å². The number of aromatic nitrogens is 2. The second-order valence-electron chi connectivity index (χ2n) is 4.59. The van der Waals surface area contributed by atoms with Crippen LogP contribution < -0.4 is 5.32 Å². The summed E-state index contributed by atoms with van der Waals surface area (Å²) in [5, 5.41) is 3.49. The van der Waals surface area contributed by atoms with Gasteiger partial charge in [0.15, 0.2) is 0 Å². The first-order valence-corrected chi connectivity index (χ1v) is 5.99. The van der Waals surface area contributed by atoms with Gasteiger partial charge in [-0.3, -0.25) is 0 Å². The highest BCUT2D eigenvalue weighted by molar-refractivity contribution is 5.22. The first-order chi connectivity index (χ1) is 7.42. The summed E-state index contributed by atoms with van der Waals surface area (Å²) in [5.41, 5.74) is 2.67. The van der Waals surface area contributed by atoms with Gasteiger partial charge in [0.2, 0.25) is 0 Å². The van der Waals surface area contributed by atoms with Crippen molar-refractivity contribution in [2.24, 2.45) is 0 Å². The summed E-state index contributed by atoms with van der Waals surface area (Å²) in [6.45, 7) is 1.03. The molecule has 3 heteroatoms. The van der Waals surface area contributed by atoms with Gasteiger partial charge in [0, 0.05) is 30.9 Å². The predicted molar refractivity (Wildman–Crippen MR) is 58.8 cm³/mol. The third-order valence-electron chi connectivity index (χ3n) is 3.22. The van der Waals surface area contributed by atoms with Gasteiger partial charge in [-0.05, 0) is 37.7 Å². The lowest BCUT2D eigenvalue weighted by Crippen LogP contribution is -2.20. The van der Waals surface area contributed by atoms with E-state index in [-0.39, 0.29) is 0 Å². The molecule has 15 heavy (non-hydrogen) atoms. The van der Waals surface area contributed by atoms with E-state index >= 15 is 0 Å². The monoisotopic (exact) mass is 203 g/mol. The molecule has 1 fully saturated rings. The summed E-state index contributed by atoms with van der Waals surface area (Å²) in [5.74, 6) is 1.02. The Kier molecular flexibility index (Phi) is 2.41. The number of aryl methyl sites for hydroxylation is 2. The lowest BCUT2D eigenvalue weighted by molar-refractivity contribution is 0.664. The molecule has 1 aromatic heterocycles. The Labute approximate surface area is 90.3 Å². The van der Waals surface area contributed by atoms with Crippen molar-refractivity contribution < 1.29 is 0 Å². The first kappa shape index (κ1) is 9.28. The molecule has 0 aliphatic heterocycles. The highest BCUT2D eigenvalue weighted by Crippen LogP contribution is 2.19. The van der Waals surface area contributed by atoms with Gasteiger partial charge < -0.3 is 5.32 Å². The number of nitrogens with one attached hydrogen (secondary N) is 1. The van der Waals surface area contributed by atoms with Crippen LogP contribution in [0.25, 0.3) is 0 Å². The first-order valence-electron chi connectivity index (χ1n) is 5.99. The van der Waals surface area contributed by atoms with Gasteiger partial charge in [-0.2, -0.15) is 0 Å². The fraction of sp³-hybridized carbons (Fsp3) is 0.667. The highest BCUT2D eigenvalue weighted by Gasteiger charge is 2.20. The van der Waals surface area contributed by atoms with E-state index in [1.165, 1.54) is 36.9 Å². The maximum Gasteiger partial charge on any atom is 0.129 e. The van der Waals surface area contributed by atoms with E-state index in [2.05, 4.69) is 15.3 Å². The fourth-order valence-corrected chi connectivity index (χ4v) is 2.15. The van der Waals surface area contributed by atoms with Crippen LogP contribution in [0, 0.1) is 0 Å². The van der Waals surface area contributed by atoms with Crippen molar-refractivity contribution in [1.29, 1.82) is 0 Å². The standard InChI is InChI=1S/C12H17N3/c1-2-9-8-14-12(15-11(9)3-1)6-7-13-10-4-5-10/h8,10,13H,1-7H2. The second-order valence-corrected chi connectivity index (χ2v) is 4.59. The molecule has 2 aliphatic rings. The molecule has 80 valence electrons. The Morgan fingerprint density at radius 3 is 3.13 bits per heavy atom. The molecule has 3 nitrogen and oxygen atoms in total. The average molecular weight is 203 g/mol. The van der Waals surface area contributed by atoms with Gasteiger partial charge in [0.1, 0.15) is 5.82 Å². The Morgan fingerprint density at radius 2 is 2.27 bits per heavy atom. The molecule has 0 amide bonds. The molecule has 0 radical (unpaired) electrons. The van der Waals surface area contributed by atoms with Crippen LogP contribution >= 0.6 is 0 Å². The van der Waals surface area contributed by atoms with Crippen molar-refractivity contribution in [3.8, 4) is 0 Å². The Morgan fingerprint density at radius 1 is 1.33 bits per heavy atom. The van der Waals surface area contributed by atoms with E-state index in [0.29, 0.717) is 0 Å². The van der Waals surface area contributed by atoms with Crippen LogP contribution in [-0.4, -0.2) is 22.6 Å². The Hall–Kier alpha value is -0.960. The zero-order chi connectivity index (χ0) is 10.1. The quantitative estimate of drug-likeness (QED) is 0.800. The van der Waals surface area contributed by atoms with E-state index in [0.717, 1.165) is 31.3 Å². The molecule has 0 atom stereocenters. The molecule has 0 spiro atoms. The summed E-state index contributed by atoms with van der Waals surface area (Å²) in [6, 6.07) is 0.791. The van der Waals surface area contributed by atoms with E-state index in [4.69, 9.17) is 0 Å². The third kappa shape index (κ3) is 2.17. The largest absolute Gasteiger partial charge is 0.314 e. The molecule has 0 aromatic carbocycles. The van der Waals surface area contributed by atoms with Crippen molar-refractivity contribution in [1.82, 2.24) is 15.3 Å². The topological polar surface area (TPSA) is 37.8 Å². The minimum atomic E-state index is 0.791. The zero-order valence-electron chi connectivity index (χ0n) is 9.00. The lowest BCUT2D eigenvalue weighted by Gasteiger charge is -2.03. The molecule has 1 saturated carbocycles. The third-order valence-corrected chi connectivity index (χ3v) is 3.22. The lowest BCUT2D eigenvalue weighted by atomic mass is 10.2. The molecule has 1 N–H and O–H groups in total. The van der Waals surface area contributed by atoms with Gasteiger partial charge in [0.05, 0.1) is 0 Å². The summed E-state index contributed by atoms with van der Waals surface area (Å²) >= 11 is 0. The minimum Gasteiger partial charge on any atom is -0.314 e. The fourth-order valence-electron chi connectivity index (χ4n) is 2.15. The number of fused-ring (bicyclic) bond motifs is 1. The molecule has 2 aliphatic carbocycles. The SMILES string of the molecule is c1nc(CCNC2CC2)nc2c1CCC2. The maximum absolute atomic E-state index is 4.62. The number of hydrogen-bond acceptors (Lipinski definition) is 3. The van der Waals surface area contributed by atoms with Crippen molar-refractivity contribution >= 4 is 0 Å². The van der Waals surface area contributed by atoms with E-state index < -0.39 is 0 Å². The normalized spacial score (nSPS) is 19.2. The molecule has 0 unspecified atom stereocenters. The van der Waals surface area contributed by atoms with Gasteiger partial charge in [-0.15, -0.1) is 0 Å². The molecular weight excluding hydrogens is 186 g/mol. The molecule has 0 bridgehead atoms. The van der Waals surface area contributed by atoms with Crippen LogP contribution in [-0.2, 0) is 19.3 Å². The van der Waals surface area contributed by atoms with Gasteiger partial charge in [0.25, 0.3) is 0 Å². The number of rotatable bonds is 4. The summed E-state index contributed by atoms with van der Waals surface area (Å²) in [4.78, 5) is 9.04. The average Bonchev–Trinajstić information content (AvgIpc) is 2.95. The maximum atomic E-state index is 4.62. The van der Waals surface area contributed by atoms with Crippen LogP contribution in [0.2, 0.25) is 0 Å². The molecular formula is C12H17N3. The number of nitrogens with zero attached hydrogens (tertiary/aromatic N) is 2. The Bertz CT molecular complexity index is 358. The molecule has 0 saturated heterocycles. The van der Waals surface area contributed by atoms with Crippen molar-refractivity contribution in [3.63, 3.8) is 0 Å². The second kappa shape index (κ2) is 3.89. The van der Waals surface area contributed by atoms with E-state index in [9.17, 15) is 0 Å². The van der Waals surface area contributed by atoms with Crippen LogP contribution in [0.3, 0.4) is 0 Å². The summed E-state index contributed by atoms with van der Waals surface area (Å²) in [6.07, 6.45) is 9.30. The van der Waals surface area contributed by atoms with Crippen molar-refractivity contribution in [2.45, 2.75) is 44.6 Å². The summed E-state index contributed by atoms with van der Waals surface area (Å²) < 4.78 is 0. The van der Waals surface area contributed by atoms with Gasteiger partial charge in [-0.25, -0.2) is 9.97 Å². The van der Waals surface area contributed by atoms with Crippen LogP contribution in [0.4, 0.5) is 0 Å².